The number of hydrogen-bond acceptors (Lipinski definition) is 6. The van der Waals surface area contributed by atoms with Crippen molar-refractivity contribution in [1.29, 1.82) is 0 Å². The summed E-state index contributed by atoms with van der Waals surface area (Å²) in [4.78, 5) is 38.3. The quantitative estimate of drug-likeness (QED) is 0.0261. The van der Waals surface area contributed by atoms with E-state index < -0.39 is 6.10 Å². The molecule has 0 rings (SSSR count). The first kappa shape index (κ1) is 71.3. The predicted molar refractivity (Wildman–Crippen MR) is 329 cm³/mol. The number of allylic oxidation sites excluding steroid dienone is 24. The average molecular weight is 1050 g/mol. The van der Waals surface area contributed by atoms with Crippen LogP contribution in [0, 0.1) is 0 Å². The molecule has 6 nitrogen and oxygen atoms in total. The van der Waals surface area contributed by atoms with Crippen LogP contribution >= 0.6 is 0 Å². The summed E-state index contributed by atoms with van der Waals surface area (Å²) in [6.45, 7) is 6.33. The van der Waals surface area contributed by atoms with Gasteiger partial charge in [-0.3, -0.25) is 14.4 Å². The predicted octanol–water partition coefficient (Wildman–Crippen LogP) is 21.2. The summed E-state index contributed by atoms with van der Waals surface area (Å²) in [5.74, 6) is -0.994. The first-order valence-corrected chi connectivity index (χ1v) is 30.8. The minimum atomic E-state index is -0.824. The zero-order chi connectivity index (χ0) is 55.0. The van der Waals surface area contributed by atoms with Crippen molar-refractivity contribution in [2.75, 3.05) is 13.2 Å². The van der Waals surface area contributed by atoms with E-state index in [0.717, 1.165) is 141 Å². The van der Waals surface area contributed by atoms with Gasteiger partial charge < -0.3 is 14.2 Å². The lowest BCUT2D eigenvalue weighted by Gasteiger charge is -2.18. The Hall–Kier alpha value is -4.71. The van der Waals surface area contributed by atoms with E-state index in [2.05, 4.69) is 167 Å². The summed E-state index contributed by atoms with van der Waals surface area (Å²) >= 11 is 0. The standard InChI is InChI=1S/C70H112O6/c1-4-7-10-13-16-19-22-25-28-31-32-33-34-35-36-37-38-40-42-45-48-51-54-57-60-63-69(72)75-66-67(65-74-68(71)62-59-56-53-50-47-44-41-30-27-24-21-18-15-12-9-6-3)76-70(73)64-61-58-55-52-49-46-43-39-29-26-23-20-17-14-11-8-5-2/h7-8,10-11,16-17,19-21,24-26,28-30,32-33,35-36,41,43,46,52,55,67H,4-6,9,12-15,18,22-23,27,31,34,37-40,42,44-45,47-51,53-54,56-66H2,1-3H3/b10-7-,11-8-,19-16-,20-17-,24-21-,28-25-,29-26-,33-32-,36-35-,41-30-,46-43-,55-52-. The Morgan fingerprint density at radius 2 is 0.526 bits per heavy atom. The van der Waals surface area contributed by atoms with Gasteiger partial charge in [-0.1, -0.05) is 250 Å². The molecule has 428 valence electrons. The third-order valence-electron chi connectivity index (χ3n) is 12.6. The molecule has 0 aromatic rings. The van der Waals surface area contributed by atoms with Crippen LogP contribution in [0.25, 0.3) is 0 Å². The van der Waals surface area contributed by atoms with Crippen LogP contribution in [0.4, 0.5) is 0 Å². The second kappa shape index (κ2) is 62.8. The Balaban J connectivity index is 4.47. The molecule has 0 heterocycles. The van der Waals surface area contributed by atoms with Gasteiger partial charge in [0.1, 0.15) is 13.2 Å². The van der Waals surface area contributed by atoms with Gasteiger partial charge in [-0.25, -0.2) is 0 Å². The van der Waals surface area contributed by atoms with Crippen LogP contribution in [-0.2, 0) is 28.6 Å². The van der Waals surface area contributed by atoms with Crippen LogP contribution in [0.1, 0.15) is 258 Å². The largest absolute Gasteiger partial charge is 0.462 e. The van der Waals surface area contributed by atoms with Gasteiger partial charge in [0.2, 0.25) is 0 Å². The van der Waals surface area contributed by atoms with Crippen molar-refractivity contribution < 1.29 is 28.6 Å². The van der Waals surface area contributed by atoms with Gasteiger partial charge in [-0.15, -0.1) is 0 Å². The summed E-state index contributed by atoms with van der Waals surface area (Å²) < 4.78 is 16.8. The van der Waals surface area contributed by atoms with Gasteiger partial charge >= 0.3 is 17.9 Å². The molecule has 0 bridgehead atoms. The molecule has 0 amide bonds. The number of rotatable bonds is 54. The molecule has 6 heteroatoms. The maximum atomic E-state index is 12.9. The molecule has 0 aliphatic heterocycles. The highest BCUT2D eigenvalue weighted by atomic mass is 16.6. The number of ether oxygens (including phenoxy) is 3. The van der Waals surface area contributed by atoms with Gasteiger partial charge in [-0.05, 0) is 135 Å². The monoisotopic (exact) mass is 1050 g/mol. The number of unbranched alkanes of at least 4 members (excludes halogenated alkanes) is 19. The van der Waals surface area contributed by atoms with Crippen molar-refractivity contribution in [2.24, 2.45) is 0 Å². The minimum absolute atomic E-state index is 0.114. The van der Waals surface area contributed by atoms with E-state index in [1.54, 1.807) is 0 Å². The Morgan fingerprint density at radius 3 is 0.842 bits per heavy atom. The van der Waals surface area contributed by atoms with Crippen LogP contribution in [-0.4, -0.2) is 37.2 Å². The zero-order valence-corrected chi connectivity index (χ0v) is 49.0. The molecule has 0 aromatic heterocycles. The molecule has 1 unspecified atom stereocenters. The average Bonchev–Trinajstić information content (AvgIpc) is 3.42. The fourth-order valence-electron chi connectivity index (χ4n) is 8.01. The third-order valence-corrected chi connectivity index (χ3v) is 12.6. The van der Waals surface area contributed by atoms with Crippen molar-refractivity contribution in [2.45, 2.75) is 264 Å². The highest BCUT2D eigenvalue weighted by Gasteiger charge is 2.19. The van der Waals surface area contributed by atoms with Crippen LogP contribution in [0.3, 0.4) is 0 Å². The molecule has 0 saturated carbocycles. The summed E-state index contributed by atoms with van der Waals surface area (Å²) in [6, 6.07) is 0. The molecule has 1 atom stereocenters. The third kappa shape index (κ3) is 60.2. The molecule has 76 heavy (non-hydrogen) atoms. The fraction of sp³-hybridized carbons (Fsp3) is 0.614. The van der Waals surface area contributed by atoms with E-state index in [1.165, 1.54) is 70.6 Å². The van der Waals surface area contributed by atoms with Crippen molar-refractivity contribution in [3.63, 3.8) is 0 Å². The molecule has 0 aliphatic rings. The second-order valence-electron chi connectivity index (χ2n) is 19.8. The topological polar surface area (TPSA) is 78.9 Å². The first-order chi connectivity index (χ1) is 37.5. The Morgan fingerprint density at radius 1 is 0.276 bits per heavy atom. The number of esters is 3. The number of hydrogen-bond donors (Lipinski definition) is 0. The molecule has 0 spiro atoms. The molecule has 0 N–H and O–H groups in total. The summed E-state index contributed by atoms with van der Waals surface area (Å²) in [7, 11) is 0. The van der Waals surface area contributed by atoms with Crippen molar-refractivity contribution in [3.05, 3.63) is 146 Å². The second-order valence-corrected chi connectivity index (χ2v) is 19.8. The van der Waals surface area contributed by atoms with E-state index in [9.17, 15) is 14.4 Å². The van der Waals surface area contributed by atoms with Crippen molar-refractivity contribution >= 4 is 17.9 Å². The van der Waals surface area contributed by atoms with E-state index in [-0.39, 0.29) is 37.5 Å². The van der Waals surface area contributed by atoms with E-state index in [0.29, 0.717) is 19.3 Å². The fourth-order valence-corrected chi connectivity index (χ4v) is 8.01. The summed E-state index contributed by atoms with van der Waals surface area (Å²) in [6.07, 6.45) is 89.9. The minimum Gasteiger partial charge on any atom is -0.462 e. The Bertz CT molecular complexity index is 1680. The maximum Gasteiger partial charge on any atom is 0.306 e. The zero-order valence-electron chi connectivity index (χ0n) is 49.0. The van der Waals surface area contributed by atoms with Gasteiger partial charge in [0.05, 0.1) is 0 Å². The van der Waals surface area contributed by atoms with E-state index in [4.69, 9.17) is 14.2 Å². The van der Waals surface area contributed by atoms with Gasteiger partial charge in [0.15, 0.2) is 6.10 Å². The molecular formula is C70H112O6. The normalized spacial score (nSPS) is 13.1. The molecule has 0 radical (unpaired) electrons. The number of carbonyl (C=O) groups excluding carboxylic acids is 3. The summed E-state index contributed by atoms with van der Waals surface area (Å²) in [5, 5.41) is 0. The molecule has 0 fully saturated rings. The highest BCUT2D eigenvalue weighted by Crippen LogP contribution is 2.14. The van der Waals surface area contributed by atoms with Crippen LogP contribution in [0.5, 0.6) is 0 Å². The van der Waals surface area contributed by atoms with Crippen LogP contribution in [0.2, 0.25) is 0 Å². The SMILES string of the molecule is CC/C=C\C/C=C\C/C=C\C/C=C\C/C=C\CCCCCCCCCCCC(=O)OCC(COC(=O)CCCCCCC/C=C\C/C=C\CCCCCC)OC(=O)CCC/C=C\C/C=C\C/C=C\C/C=C\C/C=C\CC. The van der Waals surface area contributed by atoms with Crippen LogP contribution < -0.4 is 0 Å². The molecule has 0 aliphatic carbocycles. The van der Waals surface area contributed by atoms with Crippen molar-refractivity contribution in [3.8, 4) is 0 Å². The first-order valence-electron chi connectivity index (χ1n) is 30.8. The van der Waals surface area contributed by atoms with Crippen molar-refractivity contribution in [1.82, 2.24) is 0 Å². The van der Waals surface area contributed by atoms with E-state index >= 15 is 0 Å². The lowest BCUT2D eigenvalue weighted by atomic mass is 10.1. The molecule has 0 aromatic carbocycles. The number of carbonyl (C=O) groups is 3. The highest BCUT2D eigenvalue weighted by molar-refractivity contribution is 5.71. The molecular weight excluding hydrogens is 937 g/mol. The van der Waals surface area contributed by atoms with Gasteiger partial charge in [0, 0.05) is 19.3 Å². The lowest BCUT2D eigenvalue weighted by Crippen LogP contribution is -2.30. The Labute approximate surface area is 467 Å². The smallest absolute Gasteiger partial charge is 0.306 e. The van der Waals surface area contributed by atoms with Crippen LogP contribution in [0.15, 0.2) is 146 Å². The van der Waals surface area contributed by atoms with E-state index in [1.807, 2.05) is 0 Å². The van der Waals surface area contributed by atoms with Gasteiger partial charge in [-0.2, -0.15) is 0 Å². The Kier molecular flexibility index (Phi) is 58.9. The summed E-state index contributed by atoms with van der Waals surface area (Å²) in [5.41, 5.74) is 0. The lowest BCUT2D eigenvalue weighted by molar-refractivity contribution is -0.167. The van der Waals surface area contributed by atoms with Gasteiger partial charge in [0.25, 0.3) is 0 Å². The molecule has 0 saturated heterocycles. The maximum absolute atomic E-state index is 12.9.